The number of ether oxygens (including phenoxy) is 1. The van der Waals surface area contributed by atoms with Gasteiger partial charge in [-0.2, -0.15) is 0 Å². The van der Waals surface area contributed by atoms with Gasteiger partial charge in [-0.25, -0.2) is 0 Å². The van der Waals surface area contributed by atoms with E-state index in [1.807, 2.05) is 0 Å². The molecule has 4 aliphatic carbocycles. The van der Waals surface area contributed by atoms with Gasteiger partial charge < -0.3 is 4.74 Å². The van der Waals surface area contributed by atoms with Crippen molar-refractivity contribution in [1.29, 1.82) is 0 Å². The molecule has 0 N–H and O–H groups in total. The number of rotatable bonds is 2. The molecule has 0 spiro atoms. The van der Waals surface area contributed by atoms with E-state index in [4.69, 9.17) is 4.74 Å². The molecule has 0 amide bonds. The summed E-state index contributed by atoms with van der Waals surface area (Å²) in [7, 11) is 0. The fraction of sp³-hybridized carbons (Fsp3) is 0.652. The molecular weight excluding hydrogens is 324 g/mol. The molecule has 4 rings (SSSR count). The highest BCUT2D eigenvalue weighted by molar-refractivity contribution is 5.95. The van der Waals surface area contributed by atoms with Gasteiger partial charge in [-0.05, 0) is 56.9 Å². The van der Waals surface area contributed by atoms with Crippen molar-refractivity contribution < 1.29 is 14.3 Å². The average molecular weight is 354 g/mol. The van der Waals surface area contributed by atoms with Crippen LogP contribution in [0.5, 0.6) is 0 Å². The minimum Gasteiger partial charge on any atom is -0.462 e. The summed E-state index contributed by atoms with van der Waals surface area (Å²) in [6.45, 7) is 7.93. The molecule has 0 saturated heterocycles. The second-order valence-corrected chi connectivity index (χ2v) is 9.12. The van der Waals surface area contributed by atoms with Gasteiger partial charge in [0.15, 0.2) is 5.78 Å². The number of ketones is 1. The zero-order valence-electron chi connectivity index (χ0n) is 16.5. The molecule has 3 heteroatoms. The van der Waals surface area contributed by atoms with Crippen molar-refractivity contribution in [2.24, 2.45) is 16.7 Å². The van der Waals surface area contributed by atoms with Crippen molar-refractivity contribution in [3.63, 3.8) is 0 Å². The van der Waals surface area contributed by atoms with E-state index in [-0.39, 0.29) is 28.7 Å². The van der Waals surface area contributed by atoms with Crippen molar-refractivity contribution in [2.45, 2.75) is 78.7 Å². The molecule has 0 aromatic rings. The number of carbonyl (C=O) groups excluding carboxylic acids is 2. The van der Waals surface area contributed by atoms with Crippen LogP contribution in [0.25, 0.3) is 0 Å². The normalized spacial score (nSPS) is 38.6. The quantitative estimate of drug-likeness (QED) is 0.513. The first-order valence-electron chi connectivity index (χ1n) is 10.1. The largest absolute Gasteiger partial charge is 0.462 e. The number of allylic oxidation sites excluding steroid dienone is 5. The smallest absolute Gasteiger partial charge is 0.302 e. The van der Waals surface area contributed by atoms with Crippen molar-refractivity contribution in [3.8, 4) is 0 Å². The highest BCUT2D eigenvalue weighted by atomic mass is 16.5. The van der Waals surface area contributed by atoms with Gasteiger partial charge in [-0.1, -0.05) is 42.7 Å². The van der Waals surface area contributed by atoms with Crippen LogP contribution in [0.1, 0.15) is 72.6 Å². The summed E-state index contributed by atoms with van der Waals surface area (Å²) >= 11 is 0. The maximum atomic E-state index is 12.1. The molecule has 1 fully saturated rings. The topological polar surface area (TPSA) is 43.4 Å². The van der Waals surface area contributed by atoms with Crippen molar-refractivity contribution in [2.75, 3.05) is 0 Å². The van der Waals surface area contributed by atoms with E-state index >= 15 is 0 Å². The Kier molecular flexibility index (Phi) is 4.05. The van der Waals surface area contributed by atoms with Crippen LogP contribution < -0.4 is 0 Å². The summed E-state index contributed by atoms with van der Waals surface area (Å²) in [5, 5.41) is 0. The van der Waals surface area contributed by atoms with Gasteiger partial charge in [0, 0.05) is 24.2 Å². The Bertz CT molecular complexity index is 768. The second-order valence-electron chi connectivity index (χ2n) is 9.12. The fourth-order valence-electron chi connectivity index (χ4n) is 6.35. The minimum atomic E-state index is -0.169. The molecule has 0 bridgehead atoms. The predicted molar refractivity (Wildman–Crippen MR) is 101 cm³/mol. The molecule has 0 aliphatic heterocycles. The standard InChI is InChI=1S/C23H30O3/c1-14(24)19-7-8-20-18-6-5-16-13-17(26-15(2)25)9-11-22(16,3)21(18)10-12-23(19,20)4/h5,7,17,20H,6,8-13H2,1-4H3. The molecule has 4 unspecified atom stereocenters. The lowest BCUT2D eigenvalue weighted by Crippen LogP contribution is -2.41. The van der Waals surface area contributed by atoms with Gasteiger partial charge in [0.05, 0.1) is 0 Å². The number of esters is 1. The first kappa shape index (κ1) is 17.8. The van der Waals surface area contributed by atoms with Gasteiger partial charge >= 0.3 is 5.97 Å². The number of hydrogen-bond acceptors (Lipinski definition) is 3. The summed E-state index contributed by atoms with van der Waals surface area (Å²) in [5.74, 6) is 0.572. The molecule has 4 atom stereocenters. The molecule has 0 radical (unpaired) electrons. The SMILES string of the molecule is CC(=O)OC1CCC2(C)C(=CCC3=C2CCC2(C)C(C(C)=O)=CCC32)C1. The van der Waals surface area contributed by atoms with Crippen LogP contribution in [-0.2, 0) is 14.3 Å². The zero-order chi connectivity index (χ0) is 18.7. The summed E-state index contributed by atoms with van der Waals surface area (Å²) in [4.78, 5) is 23.5. The van der Waals surface area contributed by atoms with Gasteiger partial charge in [0.25, 0.3) is 0 Å². The van der Waals surface area contributed by atoms with E-state index in [1.165, 1.54) is 12.5 Å². The molecule has 0 aromatic heterocycles. The first-order valence-corrected chi connectivity index (χ1v) is 10.1. The Labute approximate surface area is 156 Å². The maximum Gasteiger partial charge on any atom is 0.302 e. The Balaban J connectivity index is 1.63. The van der Waals surface area contributed by atoms with Crippen LogP contribution in [0.15, 0.2) is 34.4 Å². The molecule has 3 nitrogen and oxygen atoms in total. The summed E-state index contributed by atoms with van der Waals surface area (Å²) < 4.78 is 5.51. The minimum absolute atomic E-state index is 0.0291. The Morgan fingerprint density at radius 1 is 1.15 bits per heavy atom. The van der Waals surface area contributed by atoms with Gasteiger partial charge in [0.2, 0.25) is 0 Å². The van der Waals surface area contributed by atoms with Gasteiger partial charge in [-0.15, -0.1) is 0 Å². The van der Waals surface area contributed by atoms with Crippen LogP contribution in [0, 0.1) is 16.7 Å². The molecule has 0 heterocycles. The van der Waals surface area contributed by atoms with Crippen molar-refractivity contribution in [1.82, 2.24) is 0 Å². The summed E-state index contributed by atoms with van der Waals surface area (Å²) in [6.07, 6.45) is 11.7. The van der Waals surface area contributed by atoms with Gasteiger partial charge in [0.1, 0.15) is 6.10 Å². The molecular formula is C23H30O3. The summed E-state index contributed by atoms with van der Waals surface area (Å²) in [5.41, 5.74) is 5.93. The van der Waals surface area contributed by atoms with Crippen LogP contribution in [0.2, 0.25) is 0 Å². The monoisotopic (exact) mass is 354 g/mol. The lowest BCUT2D eigenvalue weighted by molar-refractivity contribution is -0.147. The van der Waals surface area contributed by atoms with Crippen LogP contribution in [0.4, 0.5) is 0 Å². The van der Waals surface area contributed by atoms with E-state index in [1.54, 1.807) is 18.1 Å². The molecule has 1 saturated carbocycles. The Morgan fingerprint density at radius 3 is 2.62 bits per heavy atom. The molecule has 4 aliphatic rings. The number of hydrogen-bond donors (Lipinski definition) is 0. The van der Waals surface area contributed by atoms with E-state index in [0.717, 1.165) is 50.5 Å². The van der Waals surface area contributed by atoms with E-state index in [0.29, 0.717) is 5.92 Å². The Morgan fingerprint density at radius 2 is 1.92 bits per heavy atom. The van der Waals surface area contributed by atoms with Crippen molar-refractivity contribution >= 4 is 11.8 Å². The lowest BCUT2D eigenvalue weighted by Gasteiger charge is -2.51. The average Bonchev–Trinajstić information content (AvgIpc) is 2.92. The number of carbonyl (C=O) groups is 2. The van der Waals surface area contributed by atoms with E-state index in [9.17, 15) is 9.59 Å². The first-order chi connectivity index (χ1) is 12.3. The third-order valence-electron chi connectivity index (χ3n) is 7.71. The Hall–Kier alpha value is -1.64. The zero-order valence-corrected chi connectivity index (χ0v) is 16.5. The highest BCUT2D eigenvalue weighted by Gasteiger charge is 2.52. The number of Topliss-reactive ketones (excluding diaryl/α,β-unsaturated/α-hetero) is 1. The molecule has 140 valence electrons. The molecule has 26 heavy (non-hydrogen) atoms. The van der Waals surface area contributed by atoms with E-state index < -0.39 is 0 Å². The second kappa shape index (κ2) is 5.94. The predicted octanol–water partition coefficient (Wildman–Crippen LogP) is 5.07. The third kappa shape index (κ3) is 2.46. The lowest BCUT2D eigenvalue weighted by atomic mass is 9.54. The number of fused-ring (bicyclic) bond motifs is 4. The van der Waals surface area contributed by atoms with Crippen LogP contribution in [0.3, 0.4) is 0 Å². The highest BCUT2D eigenvalue weighted by Crippen LogP contribution is 2.62. The maximum absolute atomic E-state index is 12.1. The van der Waals surface area contributed by atoms with Crippen molar-refractivity contribution in [3.05, 3.63) is 34.4 Å². The third-order valence-corrected chi connectivity index (χ3v) is 7.71. The van der Waals surface area contributed by atoms with Crippen LogP contribution >= 0.6 is 0 Å². The van der Waals surface area contributed by atoms with Crippen LogP contribution in [-0.4, -0.2) is 17.9 Å². The van der Waals surface area contributed by atoms with Gasteiger partial charge in [-0.3, -0.25) is 9.59 Å². The summed E-state index contributed by atoms with van der Waals surface area (Å²) in [6, 6.07) is 0. The van der Waals surface area contributed by atoms with E-state index in [2.05, 4.69) is 26.0 Å². The molecule has 0 aromatic carbocycles. The fourth-order valence-corrected chi connectivity index (χ4v) is 6.35.